The third-order valence-corrected chi connectivity index (χ3v) is 3.68. The molecule has 21 heavy (non-hydrogen) atoms. The zero-order valence-electron chi connectivity index (χ0n) is 12.2. The number of carbonyl (C=O) groups excluding carboxylic acids is 1. The van der Waals surface area contributed by atoms with Crippen LogP contribution in [0.3, 0.4) is 0 Å². The molecule has 0 fully saturated rings. The van der Waals surface area contributed by atoms with Gasteiger partial charge < -0.3 is 14.6 Å². The summed E-state index contributed by atoms with van der Waals surface area (Å²) in [5.41, 5.74) is 1.60. The van der Waals surface area contributed by atoms with Crippen LogP contribution in [0.2, 0.25) is 0 Å². The molecule has 0 saturated carbocycles. The molecule has 0 radical (unpaired) electrons. The first kappa shape index (κ1) is 15.6. The lowest BCUT2D eigenvalue weighted by atomic mass is 10.1. The van der Waals surface area contributed by atoms with E-state index in [1.165, 1.54) is 0 Å². The van der Waals surface area contributed by atoms with E-state index in [0.717, 1.165) is 11.4 Å². The quantitative estimate of drug-likeness (QED) is 0.851. The smallest absolute Gasteiger partial charge is 0.253 e. The first-order valence-electron chi connectivity index (χ1n) is 7.01. The van der Waals surface area contributed by atoms with Crippen molar-refractivity contribution in [1.82, 2.24) is 4.90 Å². The number of halogens is 1. The normalized spacial score (nSPS) is 10.4. The van der Waals surface area contributed by atoms with Gasteiger partial charge in [0.1, 0.15) is 5.76 Å². The minimum atomic E-state index is 0.0596. The number of nitrogens with zero attached hydrogens (tertiary/aromatic N) is 1. The van der Waals surface area contributed by atoms with Crippen molar-refractivity contribution in [3.63, 3.8) is 0 Å². The molecule has 2 rings (SSSR count). The minimum Gasteiger partial charge on any atom is -0.452 e. The van der Waals surface area contributed by atoms with E-state index in [-0.39, 0.29) is 5.91 Å². The van der Waals surface area contributed by atoms with E-state index in [1.807, 2.05) is 55.1 Å². The predicted molar refractivity (Wildman–Crippen MR) is 87.4 cm³/mol. The van der Waals surface area contributed by atoms with Gasteiger partial charge in [-0.25, -0.2) is 0 Å². The first-order valence-corrected chi connectivity index (χ1v) is 7.80. The second-order valence-electron chi connectivity index (χ2n) is 4.62. The van der Waals surface area contributed by atoms with Crippen LogP contribution in [-0.4, -0.2) is 23.9 Å². The molecule has 0 unspecified atom stereocenters. The van der Waals surface area contributed by atoms with Gasteiger partial charge >= 0.3 is 0 Å². The van der Waals surface area contributed by atoms with Gasteiger partial charge in [-0.3, -0.25) is 4.79 Å². The van der Waals surface area contributed by atoms with E-state index in [9.17, 15) is 4.79 Å². The number of amides is 1. The van der Waals surface area contributed by atoms with E-state index in [1.54, 1.807) is 0 Å². The average Bonchev–Trinajstić information content (AvgIpc) is 2.92. The number of rotatable bonds is 6. The molecule has 0 spiro atoms. The number of nitrogens with one attached hydrogen (secondary N) is 1. The van der Waals surface area contributed by atoms with E-state index >= 15 is 0 Å². The highest BCUT2D eigenvalue weighted by Crippen LogP contribution is 2.17. The van der Waals surface area contributed by atoms with Crippen molar-refractivity contribution in [3.05, 3.63) is 52.4 Å². The van der Waals surface area contributed by atoms with Crippen LogP contribution in [0.4, 0.5) is 5.69 Å². The highest BCUT2D eigenvalue weighted by molar-refractivity contribution is 9.10. The fourth-order valence-electron chi connectivity index (χ4n) is 2.09. The molecule has 4 nitrogen and oxygen atoms in total. The maximum absolute atomic E-state index is 12.3. The lowest BCUT2D eigenvalue weighted by molar-refractivity contribution is 0.0773. The Kier molecular flexibility index (Phi) is 5.44. The van der Waals surface area contributed by atoms with Crippen LogP contribution < -0.4 is 5.32 Å². The predicted octanol–water partition coefficient (Wildman–Crippen LogP) is 4.14. The number of furan rings is 1. The van der Waals surface area contributed by atoms with Gasteiger partial charge in [0.25, 0.3) is 5.91 Å². The van der Waals surface area contributed by atoms with Crippen molar-refractivity contribution >= 4 is 27.5 Å². The lowest BCUT2D eigenvalue weighted by Gasteiger charge is -2.19. The van der Waals surface area contributed by atoms with E-state index in [4.69, 9.17) is 4.42 Å². The average molecular weight is 351 g/mol. The van der Waals surface area contributed by atoms with E-state index in [2.05, 4.69) is 21.2 Å². The van der Waals surface area contributed by atoms with Crippen LogP contribution in [0.25, 0.3) is 0 Å². The molecule has 112 valence electrons. The van der Waals surface area contributed by atoms with E-state index < -0.39 is 0 Å². The Morgan fingerprint density at radius 2 is 2.00 bits per heavy atom. The summed E-state index contributed by atoms with van der Waals surface area (Å²) in [5, 5.41) is 3.26. The summed E-state index contributed by atoms with van der Waals surface area (Å²) in [6, 6.07) is 11.3. The molecule has 1 heterocycles. The summed E-state index contributed by atoms with van der Waals surface area (Å²) < 4.78 is 6.15. The second-order valence-corrected chi connectivity index (χ2v) is 5.40. The molecule has 1 N–H and O–H groups in total. The lowest BCUT2D eigenvalue weighted by Crippen LogP contribution is -2.30. The Balaban J connectivity index is 2.05. The van der Waals surface area contributed by atoms with Crippen molar-refractivity contribution < 1.29 is 9.21 Å². The van der Waals surface area contributed by atoms with Crippen molar-refractivity contribution in [2.75, 3.05) is 18.4 Å². The summed E-state index contributed by atoms with van der Waals surface area (Å²) in [4.78, 5) is 14.1. The molecule has 0 bridgehead atoms. The van der Waals surface area contributed by atoms with Crippen LogP contribution >= 0.6 is 15.9 Å². The van der Waals surface area contributed by atoms with Gasteiger partial charge in [0, 0.05) is 24.3 Å². The Hall–Kier alpha value is -1.75. The van der Waals surface area contributed by atoms with Gasteiger partial charge in [-0.15, -0.1) is 0 Å². The van der Waals surface area contributed by atoms with Gasteiger partial charge in [-0.2, -0.15) is 0 Å². The topological polar surface area (TPSA) is 45.5 Å². The molecular formula is C16H19BrN2O2. The van der Waals surface area contributed by atoms with Crippen LogP contribution in [0.1, 0.15) is 30.0 Å². The zero-order chi connectivity index (χ0) is 15.2. The number of hydrogen-bond donors (Lipinski definition) is 1. The fraction of sp³-hybridized carbons (Fsp3) is 0.312. The molecule has 1 aromatic heterocycles. The molecule has 0 aliphatic rings. The number of carbonyl (C=O) groups is 1. The second kappa shape index (κ2) is 7.31. The van der Waals surface area contributed by atoms with Gasteiger partial charge in [-0.1, -0.05) is 6.07 Å². The SMILES string of the molecule is CCN(CC)C(=O)c1cccc(NCc2ccc(Br)o2)c1. The van der Waals surface area contributed by atoms with Crippen molar-refractivity contribution in [3.8, 4) is 0 Å². The Labute approximate surface area is 133 Å². The molecule has 0 atom stereocenters. The highest BCUT2D eigenvalue weighted by Gasteiger charge is 2.12. The van der Waals surface area contributed by atoms with Gasteiger partial charge in [-0.05, 0) is 60.1 Å². The van der Waals surface area contributed by atoms with Gasteiger partial charge in [0.2, 0.25) is 0 Å². The summed E-state index contributed by atoms with van der Waals surface area (Å²) in [6.45, 7) is 5.98. The van der Waals surface area contributed by atoms with Crippen LogP contribution in [0.15, 0.2) is 45.5 Å². The fourth-order valence-corrected chi connectivity index (χ4v) is 2.43. The standard InChI is InChI=1S/C16H19BrN2O2/c1-3-19(4-2)16(20)12-6-5-7-13(10-12)18-11-14-8-9-15(17)21-14/h5-10,18H,3-4,11H2,1-2H3. The third kappa shape index (κ3) is 4.11. The molecule has 0 aliphatic heterocycles. The Morgan fingerprint density at radius 1 is 1.24 bits per heavy atom. The number of hydrogen-bond acceptors (Lipinski definition) is 3. The van der Waals surface area contributed by atoms with Gasteiger partial charge in [0.05, 0.1) is 6.54 Å². The molecule has 0 aliphatic carbocycles. The van der Waals surface area contributed by atoms with Crippen molar-refractivity contribution in [1.29, 1.82) is 0 Å². The molecule has 2 aromatic rings. The van der Waals surface area contributed by atoms with Crippen LogP contribution in [0, 0.1) is 0 Å². The maximum atomic E-state index is 12.3. The highest BCUT2D eigenvalue weighted by atomic mass is 79.9. The molecule has 5 heteroatoms. The third-order valence-electron chi connectivity index (χ3n) is 3.26. The number of anilines is 1. The first-order chi connectivity index (χ1) is 10.1. The monoisotopic (exact) mass is 350 g/mol. The van der Waals surface area contributed by atoms with Crippen LogP contribution in [-0.2, 0) is 6.54 Å². The number of benzene rings is 1. The van der Waals surface area contributed by atoms with Crippen molar-refractivity contribution in [2.24, 2.45) is 0 Å². The summed E-state index contributed by atoms with van der Waals surface area (Å²) in [7, 11) is 0. The Bertz CT molecular complexity index is 606. The molecular weight excluding hydrogens is 332 g/mol. The largest absolute Gasteiger partial charge is 0.452 e. The van der Waals surface area contributed by atoms with Gasteiger partial charge in [0.15, 0.2) is 4.67 Å². The summed E-state index contributed by atoms with van der Waals surface area (Å²) in [5.74, 6) is 0.895. The summed E-state index contributed by atoms with van der Waals surface area (Å²) in [6.07, 6.45) is 0. The molecule has 1 aromatic carbocycles. The van der Waals surface area contributed by atoms with Crippen molar-refractivity contribution in [2.45, 2.75) is 20.4 Å². The van der Waals surface area contributed by atoms with E-state index in [0.29, 0.717) is 29.9 Å². The molecule has 0 saturated heterocycles. The maximum Gasteiger partial charge on any atom is 0.253 e. The minimum absolute atomic E-state index is 0.0596. The molecule has 1 amide bonds. The zero-order valence-corrected chi connectivity index (χ0v) is 13.8. The van der Waals surface area contributed by atoms with Crippen LogP contribution in [0.5, 0.6) is 0 Å². The Morgan fingerprint density at radius 3 is 2.62 bits per heavy atom. The summed E-state index contributed by atoms with van der Waals surface area (Å²) >= 11 is 3.28.